The number of ether oxygens (including phenoxy) is 1. The van der Waals surface area contributed by atoms with E-state index in [-0.39, 0.29) is 0 Å². The fourth-order valence-electron chi connectivity index (χ4n) is 3.59. The summed E-state index contributed by atoms with van der Waals surface area (Å²) < 4.78 is 5.62. The monoisotopic (exact) mass is 246 g/mol. The van der Waals surface area contributed by atoms with Gasteiger partial charge in [0, 0.05) is 18.6 Å². The minimum Gasteiger partial charge on any atom is -0.381 e. The zero-order valence-electron chi connectivity index (χ0n) is 10.8. The van der Waals surface area contributed by atoms with Gasteiger partial charge in [-0.2, -0.15) is 0 Å². The number of hydrazine groups is 1. The van der Waals surface area contributed by atoms with Crippen molar-refractivity contribution in [3.63, 3.8) is 0 Å². The van der Waals surface area contributed by atoms with Gasteiger partial charge < -0.3 is 4.74 Å². The Morgan fingerprint density at radius 2 is 2.17 bits per heavy atom. The molecule has 1 aliphatic heterocycles. The third kappa shape index (κ3) is 2.18. The number of aryl methyl sites for hydroxylation is 1. The number of hydrogen-bond donors (Lipinski definition) is 2. The summed E-state index contributed by atoms with van der Waals surface area (Å²) in [6.07, 6.45) is 4.79. The van der Waals surface area contributed by atoms with Crippen molar-refractivity contribution in [1.29, 1.82) is 0 Å². The largest absolute Gasteiger partial charge is 0.381 e. The minimum atomic E-state index is 0.356. The lowest BCUT2D eigenvalue weighted by atomic mass is 9.82. The van der Waals surface area contributed by atoms with Crippen molar-refractivity contribution in [2.45, 2.75) is 37.6 Å². The molecule has 0 radical (unpaired) electrons. The van der Waals surface area contributed by atoms with Crippen LogP contribution < -0.4 is 11.3 Å². The Labute approximate surface area is 109 Å². The summed E-state index contributed by atoms with van der Waals surface area (Å²) in [6, 6.07) is 9.15. The summed E-state index contributed by atoms with van der Waals surface area (Å²) in [4.78, 5) is 0. The van der Waals surface area contributed by atoms with Crippen molar-refractivity contribution in [3.05, 3.63) is 35.4 Å². The Morgan fingerprint density at radius 1 is 1.28 bits per heavy atom. The smallest absolute Gasteiger partial charge is 0.0509 e. The molecule has 0 saturated carbocycles. The number of rotatable bonds is 3. The van der Waals surface area contributed by atoms with E-state index in [2.05, 4.69) is 29.7 Å². The molecule has 0 bridgehead atoms. The van der Waals surface area contributed by atoms with Crippen LogP contribution in [0, 0.1) is 5.92 Å². The summed E-state index contributed by atoms with van der Waals surface area (Å²) in [7, 11) is 0. The second kappa shape index (κ2) is 5.39. The van der Waals surface area contributed by atoms with E-state index in [9.17, 15) is 0 Å². The normalized spacial score (nSPS) is 28.9. The number of nitrogens with two attached hydrogens (primary N) is 1. The Morgan fingerprint density at radius 3 is 2.94 bits per heavy atom. The molecule has 98 valence electrons. The first-order valence-corrected chi connectivity index (χ1v) is 7.02. The molecule has 0 aromatic heterocycles. The van der Waals surface area contributed by atoms with Crippen LogP contribution in [0.4, 0.5) is 0 Å². The molecule has 3 N–H and O–H groups in total. The summed E-state index contributed by atoms with van der Waals surface area (Å²) in [6.45, 7) is 1.77. The maximum absolute atomic E-state index is 5.84. The van der Waals surface area contributed by atoms with E-state index in [4.69, 9.17) is 10.6 Å². The first-order chi connectivity index (χ1) is 8.90. The number of fused-ring (bicyclic) bond motifs is 1. The Kier molecular flexibility index (Phi) is 3.64. The maximum atomic E-state index is 5.84. The molecule has 0 amide bonds. The summed E-state index contributed by atoms with van der Waals surface area (Å²) in [5.74, 6) is 6.94. The van der Waals surface area contributed by atoms with Gasteiger partial charge in [-0.15, -0.1) is 0 Å². The SMILES string of the molecule is NNC(C1CCCOC1)C1CCc2ccccc21. The minimum absolute atomic E-state index is 0.356. The lowest BCUT2D eigenvalue weighted by Crippen LogP contribution is -2.47. The average Bonchev–Trinajstić information content (AvgIpc) is 2.85. The van der Waals surface area contributed by atoms with Gasteiger partial charge in [-0.3, -0.25) is 11.3 Å². The van der Waals surface area contributed by atoms with Crippen LogP contribution in [0.2, 0.25) is 0 Å². The van der Waals surface area contributed by atoms with Crippen molar-refractivity contribution in [3.8, 4) is 0 Å². The molecule has 1 fully saturated rings. The second-order valence-electron chi connectivity index (χ2n) is 5.51. The zero-order valence-corrected chi connectivity index (χ0v) is 10.8. The van der Waals surface area contributed by atoms with Crippen molar-refractivity contribution < 1.29 is 4.74 Å². The van der Waals surface area contributed by atoms with Crippen LogP contribution in [0.1, 0.15) is 36.3 Å². The molecule has 0 spiro atoms. The van der Waals surface area contributed by atoms with Crippen LogP contribution in [0.3, 0.4) is 0 Å². The standard InChI is InChI=1S/C15H22N2O/c16-17-15(12-5-3-9-18-10-12)14-8-7-11-4-1-2-6-13(11)14/h1-2,4,6,12,14-15,17H,3,5,7-10,16H2. The van der Waals surface area contributed by atoms with Crippen LogP contribution in [-0.2, 0) is 11.2 Å². The fourth-order valence-corrected chi connectivity index (χ4v) is 3.59. The molecule has 1 aliphatic carbocycles. The molecule has 1 heterocycles. The first kappa shape index (κ1) is 12.2. The van der Waals surface area contributed by atoms with Gasteiger partial charge in [-0.1, -0.05) is 24.3 Å². The van der Waals surface area contributed by atoms with Crippen molar-refractivity contribution >= 4 is 0 Å². The average molecular weight is 246 g/mol. The zero-order chi connectivity index (χ0) is 12.4. The maximum Gasteiger partial charge on any atom is 0.0509 e. The molecular formula is C15H22N2O. The van der Waals surface area contributed by atoms with Gasteiger partial charge in [0.25, 0.3) is 0 Å². The second-order valence-corrected chi connectivity index (χ2v) is 5.51. The summed E-state index contributed by atoms with van der Waals surface area (Å²) in [5.41, 5.74) is 6.07. The molecule has 3 unspecified atom stereocenters. The van der Waals surface area contributed by atoms with Gasteiger partial charge in [0.2, 0.25) is 0 Å². The predicted octanol–water partition coefficient (Wildman–Crippen LogP) is 1.97. The predicted molar refractivity (Wildman–Crippen MR) is 72.2 cm³/mol. The lowest BCUT2D eigenvalue weighted by Gasteiger charge is -2.34. The molecule has 3 rings (SSSR count). The van der Waals surface area contributed by atoms with Gasteiger partial charge >= 0.3 is 0 Å². The molecule has 3 nitrogen and oxygen atoms in total. The molecule has 3 heteroatoms. The van der Waals surface area contributed by atoms with Gasteiger partial charge in [-0.05, 0) is 42.7 Å². The van der Waals surface area contributed by atoms with Crippen LogP contribution in [0.25, 0.3) is 0 Å². The van der Waals surface area contributed by atoms with Crippen molar-refractivity contribution in [2.24, 2.45) is 11.8 Å². The highest BCUT2D eigenvalue weighted by atomic mass is 16.5. The van der Waals surface area contributed by atoms with E-state index in [0.29, 0.717) is 17.9 Å². The third-order valence-electron chi connectivity index (χ3n) is 4.51. The van der Waals surface area contributed by atoms with Crippen molar-refractivity contribution in [1.82, 2.24) is 5.43 Å². The molecule has 1 aromatic carbocycles. The Hall–Kier alpha value is -0.900. The van der Waals surface area contributed by atoms with Crippen LogP contribution >= 0.6 is 0 Å². The molecule has 18 heavy (non-hydrogen) atoms. The molecular weight excluding hydrogens is 224 g/mol. The lowest BCUT2D eigenvalue weighted by molar-refractivity contribution is 0.0347. The number of hydrogen-bond acceptors (Lipinski definition) is 3. The molecule has 1 saturated heterocycles. The first-order valence-electron chi connectivity index (χ1n) is 7.02. The van der Waals surface area contributed by atoms with E-state index in [1.54, 1.807) is 0 Å². The molecule has 3 atom stereocenters. The van der Waals surface area contributed by atoms with Crippen LogP contribution in [0.15, 0.2) is 24.3 Å². The highest BCUT2D eigenvalue weighted by Crippen LogP contribution is 2.38. The highest BCUT2D eigenvalue weighted by Gasteiger charge is 2.34. The Bertz CT molecular complexity index is 401. The molecule has 1 aromatic rings. The Balaban J connectivity index is 1.80. The van der Waals surface area contributed by atoms with Crippen LogP contribution in [-0.4, -0.2) is 19.3 Å². The fraction of sp³-hybridized carbons (Fsp3) is 0.600. The van der Waals surface area contributed by atoms with E-state index >= 15 is 0 Å². The number of benzene rings is 1. The third-order valence-corrected chi connectivity index (χ3v) is 4.51. The van der Waals surface area contributed by atoms with Gasteiger partial charge in [0.1, 0.15) is 0 Å². The van der Waals surface area contributed by atoms with E-state index in [1.807, 2.05) is 0 Å². The quantitative estimate of drug-likeness (QED) is 0.633. The van der Waals surface area contributed by atoms with E-state index in [0.717, 1.165) is 19.6 Å². The van der Waals surface area contributed by atoms with Crippen molar-refractivity contribution in [2.75, 3.05) is 13.2 Å². The van der Waals surface area contributed by atoms with E-state index < -0.39 is 0 Å². The highest BCUT2D eigenvalue weighted by molar-refractivity contribution is 5.36. The van der Waals surface area contributed by atoms with Crippen LogP contribution in [0.5, 0.6) is 0 Å². The van der Waals surface area contributed by atoms with E-state index in [1.165, 1.54) is 30.4 Å². The van der Waals surface area contributed by atoms with Gasteiger partial charge in [0.15, 0.2) is 0 Å². The van der Waals surface area contributed by atoms with Gasteiger partial charge in [0.05, 0.1) is 6.61 Å². The summed E-state index contributed by atoms with van der Waals surface area (Å²) in [5, 5.41) is 0. The number of nitrogens with one attached hydrogen (secondary N) is 1. The summed E-state index contributed by atoms with van der Waals surface area (Å²) >= 11 is 0. The molecule has 2 aliphatic rings. The topological polar surface area (TPSA) is 47.3 Å². The van der Waals surface area contributed by atoms with Gasteiger partial charge in [-0.25, -0.2) is 0 Å².